The van der Waals surface area contributed by atoms with E-state index in [1.807, 2.05) is 6.92 Å². The lowest BCUT2D eigenvalue weighted by atomic mass is 10.2. The lowest BCUT2D eigenvalue weighted by Crippen LogP contribution is -2.34. The molecule has 0 fully saturated rings. The molecule has 0 saturated heterocycles. The quantitative estimate of drug-likeness (QED) is 0.831. The Morgan fingerprint density at radius 3 is 2.55 bits per heavy atom. The summed E-state index contributed by atoms with van der Waals surface area (Å²) in [5.74, 6) is -0.548. The number of nitrogens with one attached hydrogen (secondary N) is 1. The number of carbonyl (C=O) groups excluding carboxylic acids is 2. The lowest BCUT2D eigenvalue weighted by molar-refractivity contribution is -0.129. The van der Waals surface area contributed by atoms with Crippen molar-refractivity contribution in [3.05, 3.63) is 35.6 Å². The Bertz CT molecular complexity index is 463. The number of rotatable bonds is 7. The molecule has 0 heterocycles. The predicted octanol–water partition coefficient (Wildman–Crippen LogP) is 2.09. The largest absolute Gasteiger partial charge is 0.352 e. The fourth-order valence-electron chi connectivity index (χ4n) is 1.86. The van der Waals surface area contributed by atoms with E-state index < -0.39 is 0 Å². The van der Waals surface area contributed by atoms with Crippen LogP contribution in [-0.2, 0) is 16.1 Å². The van der Waals surface area contributed by atoms with Gasteiger partial charge in [-0.3, -0.25) is 9.59 Å². The maximum absolute atomic E-state index is 13.4. The molecule has 1 rings (SSSR count). The van der Waals surface area contributed by atoms with Gasteiger partial charge in [0.05, 0.1) is 0 Å². The molecule has 0 aliphatic carbocycles. The molecule has 0 bridgehead atoms. The molecule has 5 heteroatoms. The van der Waals surface area contributed by atoms with Gasteiger partial charge in [0, 0.05) is 38.5 Å². The first-order valence-electron chi connectivity index (χ1n) is 6.80. The molecule has 20 heavy (non-hydrogen) atoms. The van der Waals surface area contributed by atoms with E-state index in [4.69, 9.17) is 0 Å². The zero-order valence-corrected chi connectivity index (χ0v) is 12.0. The molecular weight excluding hydrogens is 259 g/mol. The fraction of sp³-hybridized carbons (Fsp3) is 0.467. The van der Waals surface area contributed by atoms with Gasteiger partial charge in [-0.25, -0.2) is 4.39 Å². The zero-order valence-electron chi connectivity index (χ0n) is 12.0. The number of hydrogen-bond acceptors (Lipinski definition) is 2. The van der Waals surface area contributed by atoms with Crippen molar-refractivity contribution in [2.45, 2.75) is 33.2 Å². The molecule has 4 nitrogen and oxygen atoms in total. The van der Waals surface area contributed by atoms with Crippen molar-refractivity contribution in [3.63, 3.8) is 0 Å². The average molecular weight is 280 g/mol. The Morgan fingerprint density at radius 1 is 1.25 bits per heavy atom. The third-order valence-corrected chi connectivity index (χ3v) is 2.98. The number of nitrogens with zero attached hydrogens (tertiary/aromatic N) is 1. The van der Waals surface area contributed by atoms with Crippen molar-refractivity contribution >= 4 is 11.8 Å². The Labute approximate surface area is 119 Å². The molecule has 0 aromatic heterocycles. The average Bonchev–Trinajstić information content (AvgIpc) is 2.42. The summed E-state index contributed by atoms with van der Waals surface area (Å²) >= 11 is 0. The maximum atomic E-state index is 13.4. The molecule has 0 aliphatic rings. The van der Waals surface area contributed by atoms with Crippen LogP contribution in [0.15, 0.2) is 24.3 Å². The summed E-state index contributed by atoms with van der Waals surface area (Å²) in [6, 6.07) is 6.33. The predicted molar refractivity (Wildman–Crippen MR) is 75.4 cm³/mol. The first-order valence-corrected chi connectivity index (χ1v) is 6.80. The molecule has 1 N–H and O–H groups in total. The summed E-state index contributed by atoms with van der Waals surface area (Å²) in [4.78, 5) is 24.6. The van der Waals surface area contributed by atoms with Crippen LogP contribution in [0.25, 0.3) is 0 Å². The van der Waals surface area contributed by atoms with Crippen LogP contribution in [-0.4, -0.2) is 29.8 Å². The summed E-state index contributed by atoms with van der Waals surface area (Å²) in [6.07, 6.45) is 1.09. The second kappa shape index (κ2) is 8.30. The van der Waals surface area contributed by atoms with E-state index >= 15 is 0 Å². The minimum atomic E-state index is -0.329. The number of halogens is 1. The van der Waals surface area contributed by atoms with E-state index in [-0.39, 0.29) is 30.6 Å². The van der Waals surface area contributed by atoms with E-state index in [9.17, 15) is 14.0 Å². The highest BCUT2D eigenvalue weighted by Gasteiger charge is 2.10. The van der Waals surface area contributed by atoms with Crippen LogP contribution in [0.3, 0.4) is 0 Å². The monoisotopic (exact) mass is 280 g/mol. The molecule has 0 spiro atoms. The van der Waals surface area contributed by atoms with Crippen molar-refractivity contribution in [1.82, 2.24) is 10.2 Å². The van der Waals surface area contributed by atoms with Crippen LogP contribution in [0.2, 0.25) is 0 Å². The summed E-state index contributed by atoms with van der Waals surface area (Å²) in [7, 11) is 0. The topological polar surface area (TPSA) is 49.4 Å². The minimum Gasteiger partial charge on any atom is -0.352 e. The molecule has 2 amide bonds. The standard InChI is InChI=1S/C15H21FN2O2/c1-3-9-18(12(2)19)10-8-15(20)17-11-13-6-4-5-7-14(13)16/h4-7H,3,8-11H2,1-2H3,(H,17,20). The zero-order chi connectivity index (χ0) is 15.0. The van der Waals surface area contributed by atoms with Gasteiger partial charge >= 0.3 is 0 Å². The molecule has 0 unspecified atom stereocenters. The van der Waals surface area contributed by atoms with E-state index in [1.54, 1.807) is 23.1 Å². The van der Waals surface area contributed by atoms with E-state index in [0.29, 0.717) is 18.7 Å². The van der Waals surface area contributed by atoms with Crippen molar-refractivity contribution in [2.75, 3.05) is 13.1 Å². The maximum Gasteiger partial charge on any atom is 0.222 e. The van der Waals surface area contributed by atoms with Gasteiger partial charge in [-0.1, -0.05) is 25.1 Å². The second-order valence-corrected chi connectivity index (χ2v) is 4.62. The summed E-state index contributed by atoms with van der Waals surface area (Å²) < 4.78 is 13.4. The van der Waals surface area contributed by atoms with Crippen molar-refractivity contribution in [2.24, 2.45) is 0 Å². The number of amides is 2. The second-order valence-electron chi connectivity index (χ2n) is 4.62. The van der Waals surface area contributed by atoms with Crippen LogP contribution in [0, 0.1) is 5.82 Å². The molecule has 1 aromatic carbocycles. The Balaban J connectivity index is 2.37. The van der Waals surface area contributed by atoms with Crippen LogP contribution in [0.1, 0.15) is 32.3 Å². The molecule has 0 radical (unpaired) electrons. The highest BCUT2D eigenvalue weighted by Crippen LogP contribution is 2.05. The molecule has 1 aromatic rings. The van der Waals surface area contributed by atoms with Gasteiger partial charge in [0.25, 0.3) is 0 Å². The van der Waals surface area contributed by atoms with E-state index in [1.165, 1.54) is 13.0 Å². The Morgan fingerprint density at radius 2 is 1.95 bits per heavy atom. The normalized spacial score (nSPS) is 10.2. The third kappa shape index (κ3) is 5.38. The Hall–Kier alpha value is -1.91. The highest BCUT2D eigenvalue weighted by molar-refractivity contribution is 5.78. The number of benzene rings is 1. The van der Waals surface area contributed by atoms with Gasteiger partial charge in [0.15, 0.2) is 0 Å². The minimum absolute atomic E-state index is 0.0336. The third-order valence-electron chi connectivity index (χ3n) is 2.98. The number of carbonyl (C=O) groups is 2. The molecule has 0 atom stereocenters. The van der Waals surface area contributed by atoms with Crippen LogP contribution < -0.4 is 5.32 Å². The van der Waals surface area contributed by atoms with Crippen molar-refractivity contribution in [3.8, 4) is 0 Å². The van der Waals surface area contributed by atoms with Crippen LogP contribution in [0.4, 0.5) is 4.39 Å². The lowest BCUT2D eigenvalue weighted by Gasteiger charge is -2.19. The first kappa shape index (κ1) is 16.1. The SMILES string of the molecule is CCCN(CCC(=O)NCc1ccccc1F)C(C)=O. The van der Waals surface area contributed by atoms with Gasteiger partial charge in [-0.2, -0.15) is 0 Å². The summed E-state index contributed by atoms with van der Waals surface area (Å²) in [6.45, 7) is 4.68. The first-order chi connectivity index (χ1) is 9.54. The van der Waals surface area contributed by atoms with Gasteiger partial charge in [0.1, 0.15) is 5.82 Å². The molecule has 0 saturated carbocycles. The fourth-order valence-corrected chi connectivity index (χ4v) is 1.86. The van der Waals surface area contributed by atoms with E-state index in [2.05, 4.69) is 5.32 Å². The highest BCUT2D eigenvalue weighted by atomic mass is 19.1. The van der Waals surface area contributed by atoms with Gasteiger partial charge in [0.2, 0.25) is 11.8 Å². The smallest absolute Gasteiger partial charge is 0.222 e. The van der Waals surface area contributed by atoms with E-state index in [0.717, 1.165) is 6.42 Å². The van der Waals surface area contributed by atoms with Gasteiger partial charge < -0.3 is 10.2 Å². The molecular formula is C15H21FN2O2. The molecule has 110 valence electrons. The van der Waals surface area contributed by atoms with Gasteiger partial charge in [-0.05, 0) is 12.5 Å². The van der Waals surface area contributed by atoms with Crippen LogP contribution >= 0.6 is 0 Å². The Kier molecular flexibility index (Phi) is 6.70. The number of hydrogen-bond donors (Lipinski definition) is 1. The van der Waals surface area contributed by atoms with Crippen molar-refractivity contribution in [1.29, 1.82) is 0 Å². The molecule has 0 aliphatic heterocycles. The van der Waals surface area contributed by atoms with Crippen molar-refractivity contribution < 1.29 is 14.0 Å². The summed E-state index contributed by atoms with van der Waals surface area (Å²) in [5.41, 5.74) is 0.456. The van der Waals surface area contributed by atoms with Crippen LogP contribution in [0.5, 0.6) is 0 Å². The summed E-state index contributed by atoms with van der Waals surface area (Å²) in [5, 5.41) is 2.66. The van der Waals surface area contributed by atoms with Gasteiger partial charge in [-0.15, -0.1) is 0 Å².